The van der Waals surface area contributed by atoms with Crippen LogP contribution in [0.5, 0.6) is 0 Å². The van der Waals surface area contributed by atoms with E-state index in [0.29, 0.717) is 11.5 Å². The van der Waals surface area contributed by atoms with Crippen molar-refractivity contribution >= 4 is 31.9 Å². The molecule has 0 aliphatic carbocycles. The number of hydrogen-bond donors (Lipinski definition) is 1. The number of benzene rings is 1. The number of ether oxygens (including phenoxy) is 1. The summed E-state index contributed by atoms with van der Waals surface area (Å²) >= 11 is 0.190. The number of nitrogens with one attached hydrogen (secondary N) is 1. The van der Waals surface area contributed by atoms with Crippen LogP contribution in [0.2, 0.25) is 0 Å². The van der Waals surface area contributed by atoms with Gasteiger partial charge in [0.15, 0.2) is 0 Å². The molecule has 0 atom stereocenters. The molecule has 2 heterocycles. The van der Waals surface area contributed by atoms with Crippen LogP contribution >= 0.6 is 0 Å². The number of esters is 1. The van der Waals surface area contributed by atoms with Crippen LogP contribution in [0.3, 0.4) is 0 Å². The zero-order valence-electron chi connectivity index (χ0n) is 12.4. The Bertz CT molecular complexity index is 808. The summed E-state index contributed by atoms with van der Waals surface area (Å²) in [4.78, 5) is 13.7. The third-order valence-electron chi connectivity index (χ3n) is 3.05. The molecule has 1 N–H and O–H groups in total. The van der Waals surface area contributed by atoms with Gasteiger partial charge in [-0.3, -0.25) is 0 Å². The van der Waals surface area contributed by atoms with Crippen LogP contribution in [0, 0.1) is 0 Å². The van der Waals surface area contributed by atoms with Crippen LogP contribution in [-0.4, -0.2) is 33.3 Å². The predicted molar refractivity (Wildman–Crippen MR) is 89.1 cm³/mol. The van der Waals surface area contributed by atoms with Gasteiger partial charge in [-0.15, -0.1) is 0 Å². The van der Waals surface area contributed by atoms with Crippen molar-refractivity contribution in [3.8, 4) is 0 Å². The van der Waals surface area contributed by atoms with Crippen molar-refractivity contribution in [1.82, 2.24) is 0 Å². The Kier molecular flexibility index (Phi) is 4.76. The normalized spacial score (nSPS) is 11.3. The van der Waals surface area contributed by atoms with Gasteiger partial charge in [-0.25, -0.2) is 0 Å². The summed E-state index contributed by atoms with van der Waals surface area (Å²) in [6.45, 7) is 0. The summed E-state index contributed by atoms with van der Waals surface area (Å²) in [7, 11) is 1.32. The SMILES string of the molecule is COC(=O)c1ccc(/C(=N\Nc2ccccc2)c2ccc[se]2)o1. The number of hydrazone groups is 1. The van der Waals surface area contributed by atoms with Crippen LogP contribution < -0.4 is 5.43 Å². The topological polar surface area (TPSA) is 63.8 Å². The summed E-state index contributed by atoms with van der Waals surface area (Å²) < 4.78 is 11.3. The van der Waals surface area contributed by atoms with Crippen molar-refractivity contribution in [2.24, 2.45) is 5.10 Å². The quantitative estimate of drug-likeness (QED) is 0.323. The molecule has 116 valence electrons. The average Bonchev–Trinajstić information content (AvgIpc) is 3.27. The van der Waals surface area contributed by atoms with Crippen molar-refractivity contribution in [1.29, 1.82) is 0 Å². The van der Waals surface area contributed by atoms with Gasteiger partial charge in [0.2, 0.25) is 0 Å². The van der Waals surface area contributed by atoms with Gasteiger partial charge >= 0.3 is 139 Å². The molecule has 0 amide bonds. The molecule has 3 rings (SSSR count). The summed E-state index contributed by atoms with van der Waals surface area (Å²) in [6.07, 6.45) is 0. The molecular weight excluding hydrogens is 359 g/mol. The third-order valence-corrected chi connectivity index (χ3v) is 4.89. The molecule has 0 unspecified atom stereocenters. The standard InChI is InChI=1S/C17H14N2O3Se/c1-21-17(20)14-10-9-13(22-14)16(15-8-5-11-23-15)19-18-12-6-3-2-4-7-12/h2-11,18H,1H3/b19-16+. The molecule has 0 bridgehead atoms. The summed E-state index contributed by atoms with van der Waals surface area (Å²) in [5.74, 6) is 0.190. The number of nitrogens with zero attached hydrogens (tertiary/aromatic N) is 1. The Morgan fingerprint density at radius 3 is 2.57 bits per heavy atom. The number of para-hydroxylation sites is 1. The summed E-state index contributed by atoms with van der Waals surface area (Å²) in [5.41, 5.74) is 4.59. The van der Waals surface area contributed by atoms with Crippen molar-refractivity contribution in [2.75, 3.05) is 12.5 Å². The van der Waals surface area contributed by atoms with Crippen LogP contribution in [0.25, 0.3) is 0 Å². The first-order valence-electron chi connectivity index (χ1n) is 6.89. The predicted octanol–water partition coefficient (Wildman–Crippen LogP) is 2.99. The molecule has 5 nitrogen and oxygen atoms in total. The molecule has 0 aliphatic heterocycles. The minimum atomic E-state index is -0.504. The van der Waals surface area contributed by atoms with E-state index in [1.54, 1.807) is 12.1 Å². The molecule has 23 heavy (non-hydrogen) atoms. The summed E-state index contributed by atoms with van der Waals surface area (Å²) in [6, 6.07) is 17.0. The molecule has 2 aromatic heterocycles. The second-order valence-electron chi connectivity index (χ2n) is 4.57. The average molecular weight is 373 g/mol. The molecule has 0 spiro atoms. The molecule has 6 heteroatoms. The fraction of sp³-hybridized carbons (Fsp3) is 0.0588. The van der Waals surface area contributed by atoms with Crippen LogP contribution in [-0.2, 0) is 4.74 Å². The fourth-order valence-corrected chi connectivity index (χ4v) is 3.46. The first-order chi connectivity index (χ1) is 11.3. The number of furan rings is 1. The first-order valence-corrected chi connectivity index (χ1v) is 8.73. The van der Waals surface area contributed by atoms with E-state index in [4.69, 9.17) is 4.42 Å². The zero-order chi connectivity index (χ0) is 16.1. The second-order valence-corrected chi connectivity index (χ2v) is 6.56. The molecule has 0 radical (unpaired) electrons. The maximum absolute atomic E-state index is 11.6. The Labute approximate surface area is 139 Å². The van der Waals surface area contributed by atoms with Gasteiger partial charge in [-0.2, -0.15) is 0 Å². The third kappa shape index (κ3) is 3.62. The molecule has 0 fully saturated rings. The van der Waals surface area contributed by atoms with Gasteiger partial charge in [0.05, 0.1) is 0 Å². The van der Waals surface area contributed by atoms with E-state index >= 15 is 0 Å². The van der Waals surface area contributed by atoms with Gasteiger partial charge in [-0.05, 0) is 0 Å². The van der Waals surface area contributed by atoms with Crippen molar-refractivity contribution < 1.29 is 13.9 Å². The Balaban J connectivity index is 1.93. The molecular formula is C17H14N2O3Se. The van der Waals surface area contributed by atoms with E-state index in [1.165, 1.54) is 7.11 Å². The second kappa shape index (κ2) is 7.13. The van der Waals surface area contributed by atoms with E-state index in [-0.39, 0.29) is 20.3 Å². The minimum absolute atomic E-state index is 0.161. The van der Waals surface area contributed by atoms with E-state index in [2.05, 4.69) is 20.2 Å². The van der Waals surface area contributed by atoms with Gasteiger partial charge in [0.25, 0.3) is 0 Å². The van der Waals surface area contributed by atoms with Crippen molar-refractivity contribution in [2.45, 2.75) is 0 Å². The number of carbonyl (C=O) groups is 1. The first kappa shape index (κ1) is 15.3. The van der Waals surface area contributed by atoms with Gasteiger partial charge in [-0.1, -0.05) is 0 Å². The number of rotatable bonds is 5. The molecule has 0 saturated carbocycles. The number of carbonyl (C=O) groups excluding carboxylic acids is 1. The van der Waals surface area contributed by atoms with E-state index < -0.39 is 5.97 Å². The molecule has 0 saturated heterocycles. The fourth-order valence-electron chi connectivity index (χ4n) is 1.95. The summed E-state index contributed by atoms with van der Waals surface area (Å²) in [5, 5.41) is 4.47. The Morgan fingerprint density at radius 1 is 1.09 bits per heavy atom. The Hall–Kier alpha value is -2.56. The molecule has 3 aromatic rings. The van der Waals surface area contributed by atoms with Gasteiger partial charge in [0, 0.05) is 0 Å². The number of hydrogen-bond acceptors (Lipinski definition) is 5. The van der Waals surface area contributed by atoms with Crippen LogP contribution in [0.1, 0.15) is 20.8 Å². The number of anilines is 1. The van der Waals surface area contributed by atoms with E-state index in [0.717, 1.165) is 10.1 Å². The zero-order valence-corrected chi connectivity index (χ0v) is 14.1. The number of methoxy groups -OCH3 is 1. The molecule has 1 aromatic carbocycles. The van der Waals surface area contributed by atoms with E-state index in [1.807, 2.05) is 42.5 Å². The Morgan fingerprint density at radius 2 is 1.87 bits per heavy atom. The van der Waals surface area contributed by atoms with Gasteiger partial charge in [0.1, 0.15) is 0 Å². The van der Waals surface area contributed by atoms with Crippen molar-refractivity contribution in [3.63, 3.8) is 0 Å². The van der Waals surface area contributed by atoms with E-state index in [9.17, 15) is 4.79 Å². The maximum atomic E-state index is 11.6. The van der Waals surface area contributed by atoms with Crippen molar-refractivity contribution in [3.05, 3.63) is 75.5 Å². The van der Waals surface area contributed by atoms with Crippen LogP contribution in [0.4, 0.5) is 5.69 Å². The molecule has 0 aliphatic rings. The van der Waals surface area contributed by atoms with Crippen LogP contribution in [0.15, 0.2) is 69.1 Å². The monoisotopic (exact) mass is 374 g/mol. The van der Waals surface area contributed by atoms with Gasteiger partial charge < -0.3 is 0 Å².